The van der Waals surface area contributed by atoms with Crippen molar-refractivity contribution in [2.45, 2.75) is 38.1 Å². The average Bonchev–Trinajstić information content (AvgIpc) is 2.23. The van der Waals surface area contributed by atoms with E-state index in [4.69, 9.17) is 10.8 Å². The summed E-state index contributed by atoms with van der Waals surface area (Å²) in [5.41, 5.74) is 7.30. The molecule has 1 saturated carbocycles. The van der Waals surface area contributed by atoms with Crippen LogP contribution in [0.4, 0.5) is 11.4 Å². The third-order valence-electron chi connectivity index (χ3n) is 3.68. The van der Waals surface area contributed by atoms with Crippen LogP contribution in [-0.2, 0) is 0 Å². The van der Waals surface area contributed by atoms with Gasteiger partial charge in [0, 0.05) is 16.9 Å². The van der Waals surface area contributed by atoms with Gasteiger partial charge in [0.25, 0.3) is 0 Å². The molecule has 1 aliphatic carbocycles. The molecule has 4 heteroatoms. The molecule has 2 rings (SSSR count). The number of aromatic carboxylic acids is 1. The molecule has 0 radical (unpaired) electrons. The summed E-state index contributed by atoms with van der Waals surface area (Å²) in [5.74, 6) is -0.983. The quantitative estimate of drug-likeness (QED) is 0.700. The van der Waals surface area contributed by atoms with Crippen molar-refractivity contribution >= 4 is 17.3 Å². The van der Waals surface area contributed by atoms with Crippen molar-refractivity contribution in [1.82, 2.24) is 0 Å². The molecule has 0 unspecified atom stereocenters. The average molecular weight is 234 g/mol. The van der Waals surface area contributed by atoms with E-state index in [1.54, 1.807) is 18.2 Å². The standard InChI is InChI=1S/C13H18N2O2/c1-2-13(6-3-7-13)15-9-4-5-10(12(16)17)11(14)8-9/h4-5,8,15H,2-3,6-7,14H2,1H3,(H,16,17). The number of benzene rings is 1. The Morgan fingerprint density at radius 3 is 2.65 bits per heavy atom. The molecule has 0 atom stereocenters. The highest BCUT2D eigenvalue weighted by molar-refractivity contribution is 5.94. The van der Waals surface area contributed by atoms with Crippen LogP contribution in [0.5, 0.6) is 0 Å². The van der Waals surface area contributed by atoms with Crippen LogP contribution in [0.25, 0.3) is 0 Å². The second-order valence-corrected chi connectivity index (χ2v) is 4.72. The molecule has 0 bridgehead atoms. The van der Waals surface area contributed by atoms with Gasteiger partial charge in [-0.05, 0) is 43.9 Å². The molecule has 0 aliphatic heterocycles. The van der Waals surface area contributed by atoms with Crippen molar-refractivity contribution in [1.29, 1.82) is 0 Å². The number of nitrogens with two attached hydrogens (primary N) is 1. The Morgan fingerprint density at radius 2 is 2.24 bits per heavy atom. The monoisotopic (exact) mass is 234 g/mol. The lowest BCUT2D eigenvalue weighted by Gasteiger charge is -2.43. The van der Waals surface area contributed by atoms with Crippen LogP contribution in [0.3, 0.4) is 0 Å². The Hall–Kier alpha value is -1.71. The van der Waals surface area contributed by atoms with E-state index in [0.29, 0.717) is 5.69 Å². The van der Waals surface area contributed by atoms with Crippen LogP contribution in [0.1, 0.15) is 43.0 Å². The molecule has 4 nitrogen and oxygen atoms in total. The Labute approximate surface area is 101 Å². The highest BCUT2D eigenvalue weighted by atomic mass is 16.4. The van der Waals surface area contributed by atoms with E-state index in [9.17, 15) is 4.79 Å². The van der Waals surface area contributed by atoms with Gasteiger partial charge in [-0.2, -0.15) is 0 Å². The maximum Gasteiger partial charge on any atom is 0.337 e. The minimum atomic E-state index is -0.983. The zero-order chi connectivity index (χ0) is 12.5. The van der Waals surface area contributed by atoms with Gasteiger partial charge < -0.3 is 16.2 Å². The Balaban J connectivity index is 2.17. The summed E-state index contributed by atoms with van der Waals surface area (Å²) in [4.78, 5) is 10.8. The van der Waals surface area contributed by atoms with Gasteiger partial charge in [0.2, 0.25) is 0 Å². The van der Waals surface area contributed by atoms with Crippen molar-refractivity contribution in [2.24, 2.45) is 0 Å². The number of carboxylic acids is 1. The molecule has 0 aromatic heterocycles. The van der Waals surface area contributed by atoms with Crippen LogP contribution in [0, 0.1) is 0 Å². The van der Waals surface area contributed by atoms with Gasteiger partial charge in [0.1, 0.15) is 0 Å². The van der Waals surface area contributed by atoms with Gasteiger partial charge in [0.05, 0.1) is 5.56 Å². The minimum Gasteiger partial charge on any atom is -0.478 e. The molecule has 1 aromatic rings. The molecule has 0 saturated heterocycles. The van der Waals surface area contributed by atoms with E-state index in [1.807, 2.05) is 0 Å². The Bertz CT molecular complexity index is 434. The molecule has 1 fully saturated rings. The van der Waals surface area contributed by atoms with Crippen LogP contribution >= 0.6 is 0 Å². The highest BCUT2D eigenvalue weighted by Gasteiger charge is 2.34. The second kappa shape index (κ2) is 4.28. The first kappa shape index (κ1) is 11.8. The predicted octanol–water partition coefficient (Wildman–Crippen LogP) is 2.71. The van der Waals surface area contributed by atoms with Gasteiger partial charge in [0.15, 0.2) is 0 Å². The molecule has 17 heavy (non-hydrogen) atoms. The summed E-state index contributed by atoms with van der Waals surface area (Å²) in [7, 11) is 0. The van der Waals surface area contributed by atoms with Gasteiger partial charge in [-0.3, -0.25) is 0 Å². The Kier molecular flexibility index (Phi) is 2.96. The lowest BCUT2D eigenvalue weighted by atomic mass is 9.74. The van der Waals surface area contributed by atoms with Crippen LogP contribution in [0.15, 0.2) is 18.2 Å². The first-order valence-corrected chi connectivity index (χ1v) is 5.97. The fourth-order valence-electron chi connectivity index (χ4n) is 2.31. The lowest BCUT2D eigenvalue weighted by molar-refractivity contribution is 0.0698. The van der Waals surface area contributed by atoms with Crippen LogP contribution in [-0.4, -0.2) is 16.6 Å². The molecule has 0 heterocycles. The van der Waals surface area contributed by atoms with Gasteiger partial charge in [-0.1, -0.05) is 6.92 Å². The number of carbonyl (C=O) groups is 1. The van der Waals surface area contributed by atoms with Crippen molar-refractivity contribution in [3.8, 4) is 0 Å². The topological polar surface area (TPSA) is 75.3 Å². The first-order valence-electron chi connectivity index (χ1n) is 5.97. The second-order valence-electron chi connectivity index (χ2n) is 4.72. The molecule has 92 valence electrons. The number of hydrogen-bond donors (Lipinski definition) is 3. The molecular weight excluding hydrogens is 216 g/mol. The van der Waals surface area contributed by atoms with Crippen molar-refractivity contribution in [3.63, 3.8) is 0 Å². The van der Waals surface area contributed by atoms with Crippen LogP contribution in [0.2, 0.25) is 0 Å². The molecule has 4 N–H and O–H groups in total. The van der Waals surface area contributed by atoms with E-state index in [1.165, 1.54) is 19.3 Å². The predicted molar refractivity (Wildman–Crippen MR) is 68.3 cm³/mol. The van der Waals surface area contributed by atoms with E-state index < -0.39 is 5.97 Å². The van der Waals surface area contributed by atoms with Gasteiger partial charge in [-0.15, -0.1) is 0 Å². The lowest BCUT2D eigenvalue weighted by Crippen LogP contribution is -2.44. The summed E-state index contributed by atoms with van der Waals surface area (Å²) in [6, 6.07) is 5.05. The number of nitrogen functional groups attached to an aromatic ring is 1. The van der Waals surface area contributed by atoms with Crippen molar-refractivity contribution in [3.05, 3.63) is 23.8 Å². The molecule has 1 aromatic carbocycles. The van der Waals surface area contributed by atoms with Gasteiger partial charge >= 0.3 is 5.97 Å². The SMILES string of the molecule is CCC1(Nc2ccc(C(=O)O)c(N)c2)CCC1. The Morgan fingerprint density at radius 1 is 1.53 bits per heavy atom. The van der Waals surface area contributed by atoms with Gasteiger partial charge in [-0.25, -0.2) is 4.79 Å². The summed E-state index contributed by atoms with van der Waals surface area (Å²) < 4.78 is 0. The van der Waals surface area contributed by atoms with Crippen molar-refractivity contribution in [2.75, 3.05) is 11.1 Å². The molecule has 0 spiro atoms. The number of anilines is 2. The zero-order valence-electron chi connectivity index (χ0n) is 9.99. The maximum atomic E-state index is 10.8. The number of rotatable bonds is 4. The molecule has 1 aliphatic rings. The van der Waals surface area contributed by atoms with Crippen molar-refractivity contribution < 1.29 is 9.90 Å². The first-order chi connectivity index (χ1) is 8.06. The molecule has 0 amide bonds. The number of nitrogens with one attached hydrogen (secondary N) is 1. The van der Waals surface area contributed by atoms with Crippen LogP contribution < -0.4 is 11.1 Å². The van der Waals surface area contributed by atoms with E-state index in [-0.39, 0.29) is 11.1 Å². The third kappa shape index (κ3) is 2.20. The summed E-state index contributed by atoms with van der Waals surface area (Å²) in [6.45, 7) is 2.17. The zero-order valence-corrected chi connectivity index (χ0v) is 9.99. The molecular formula is C13H18N2O2. The number of carboxylic acid groups (broad SMARTS) is 1. The fourth-order valence-corrected chi connectivity index (χ4v) is 2.31. The number of hydrogen-bond acceptors (Lipinski definition) is 3. The fraction of sp³-hybridized carbons (Fsp3) is 0.462. The third-order valence-corrected chi connectivity index (χ3v) is 3.68. The maximum absolute atomic E-state index is 10.8. The van der Waals surface area contributed by atoms with E-state index >= 15 is 0 Å². The van der Waals surface area contributed by atoms with E-state index in [0.717, 1.165) is 12.1 Å². The smallest absolute Gasteiger partial charge is 0.337 e. The minimum absolute atomic E-state index is 0.162. The summed E-state index contributed by atoms with van der Waals surface area (Å²) >= 11 is 0. The largest absolute Gasteiger partial charge is 0.478 e. The van der Waals surface area contributed by atoms with E-state index in [2.05, 4.69) is 12.2 Å². The normalized spacial score (nSPS) is 17.2. The summed E-state index contributed by atoms with van der Waals surface area (Å²) in [6.07, 6.45) is 4.67. The summed E-state index contributed by atoms with van der Waals surface area (Å²) in [5, 5.41) is 12.4. The highest BCUT2D eigenvalue weighted by Crippen LogP contribution is 2.38.